The molecular formula is C18H18ClNO. The van der Waals surface area contributed by atoms with Gasteiger partial charge in [-0.2, -0.15) is 0 Å². The van der Waals surface area contributed by atoms with Gasteiger partial charge in [0.25, 0.3) is 0 Å². The molecule has 3 rings (SSSR count). The summed E-state index contributed by atoms with van der Waals surface area (Å²) in [6.07, 6.45) is 1.79. The first-order chi connectivity index (χ1) is 10.2. The van der Waals surface area contributed by atoms with Gasteiger partial charge in [0.2, 0.25) is 5.91 Å². The van der Waals surface area contributed by atoms with Crippen LogP contribution in [0.5, 0.6) is 0 Å². The maximum Gasteiger partial charge on any atom is 0.228 e. The number of anilines is 1. The van der Waals surface area contributed by atoms with Crippen LogP contribution in [-0.4, -0.2) is 5.91 Å². The van der Waals surface area contributed by atoms with Crippen LogP contribution in [0, 0.1) is 5.92 Å². The molecule has 1 aliphatic carbocycles. The second kappa shape index (κ2) is 5.90. The van der Waals surface area contributed by atoms with E-state index in [1.54, 1.807) is 0 Å². The number of hydrogen-bond acceptors (Lipinski definition) is 1. The Morgan fingerprint density at radius 3 is 2.67 bits per heavy atom. The maximum atomic E-state index is 12.4. The van der Waals surface area contributed by atoms with E-state index in [1.807, 2.05) is 48.5 Å². The molecule has 21 heavy (non-hydrogen) atoms. The monoisotopic (exact) mass is 299 g/mol. The lowest BCUT2D eigenvalue weighted by atomic mass is 10.1. The average molecular weight is 300 g/mol. The Hall–Kier alpha value is -1.80. The molecule has 0 spiro atoms. The molecule has 0 heterocycles. The highest BCUT2D eigenvalue weighted by molar-refractivity contribution is 6.31. The number of halogens is 1. The van der Waals surface area contributed by atoms with Crippen molar-refractivity contribution >= 4 is 23.2 Å². The SMILES string of the molecule is CCc1ccccc1NC(=O)C1CC1c1ccccc1Cl. The number of rotatable bonds is 4. The highest BCUT2D eigenvalue weighted by Gasteiger charge is 2.44. The van der Waals surface area contributed by atoms with Gasteiger partial charge in [0.05, 0.1) is 0 Å². The molecule has 2 aromatic rings. The van der Waals surface area contributed by atoms with Gasteiger partial charge in [0.15, 0.2) is 0 Å². The third-order valence-corrected chi connectivity index (χ3v) is 4.43. The van der Waals surface area contributed by atoms with Gasteiger partial charge in [0.1, 0.15) is 0 Å². The van der Waals surface area contributed by atoms with Gasteiger partial charge in [-0.3, -0.25) is 4.79 Å². The predicted octanol–water partition coefficient (Wildman–Crippen LogP) is 4.64. The third kappa shape index (κ3) is 2.96. The summed E-state index contributed by atoms with van der Waals surface area (Å²) in [5.41, 5.74) is 3.18. The van der Waals surface area contributed by atoms with E-state index in [0.29, 0.717) is 0 Å². The number of amides is 1. The second-order valence-electron chi connectivity index (χ2n) is 5.47. The van der Waals surface area contributed by atoms with Gasteiger partial charge >= 0.3 is 0 Å². The summed E-state index contributed by atoms with van der Waals surface area (Å²) in [6, 6.07) is 15.8. The van der Waals surface area contributed by atoms with Crippen molar-refractivity contribution in [3.05, 3.63) is 64.7 Å². The molecule has 3 heteroatoms. The van der Waals surface area contributed by atoms with Crippen LogP contribution in [0.25, 0.3) is 0 Å². The van der Waals surface area contributed by atoms with Crippen molar-refractivity contribution in [3.63, 3.8) is 0 Å². The van der Waals surface area contributed by atoms with E-state index in [-0.39, 0.29) is 17.7 Å². The van der Waals surface area contributed by atoms with Crippen molar-refractivity contribution < 1.29 is 4.79 Å². The highest BCUT2D eigenvalue weighted by atomic mass is 35.5. The van der Waals surface area contributed by atoms with Crippen LogP contribution < -0.4 is 5.32 Å². The Labute approximate surface area is 130 Å². The Balaban J connectivity index is 1.70. The lowest BCUT2D eigenvalue weighted by molar-refractivity contribution is -0.117. The number of benzene rings is 2. The average Bonchev–Trinajstić information content (AvgIpc) is 3.29. The fourth-order valence-corrected chi connectivity index (χ4v) is 3.06. The number of nitrogens with one attached hydrogen (secondary N) is 1. The van der Waals surface area contributed by atoms with Crippen LogP contribution in [0.3, 0.4) is 0 Å². The van der Waals surface area contributed by atoms with E-state index < -0.39 is 0 Å². The van der Waals surface area contributed by atoms with Crippen molar-refractivity contribution in [1.29, 1.82) is 0 Å². The first kappa shape index (κ1) is 14.2. The summed E-state index contributed by atoms with van der Waals surface area (Å²) in [6.45, 7) is 2.09. The van der Waals surface area contributed by atoms with Crippen LogP contribution in [-0.2, 0) is 11.2 Å². The van der Waals surface area contributed by atoms with Gasteiger partial charge in [0, 0.05) is 16.6 Å². The molecule has 1 fully saturated rings. The molecule has 2 atom stereocenters. The van der Waals surface area contributed by atoms with Crippen LogP contribution in [0.15, 0.2) is 48.5 Å². The summed E-state index contributed by atoms with van der Waals surface area (Å²) in [5.74, 6) is 0.392. The highest BCUT2D eigenvalue weighted by Crippen LogP contribution is 2.50. The molecule has 0 radical (unpaired) electrons. The smallest absolute Gasteiger partial charge is 0.228 e. The molecule has 1 amide bonds. The zero-order valence-electron chi connectivity index (χ0n) is 12.0. The topological polar surface area (TPSA) is 29.1 Å². The molecule has 1 saturated carbocycles. The summed E-state index contributed by atoms with van der Waals surface area (Å²) in [7, 11) is 0. The molecule has 2 nitrogen and oxygen atoms in total. The van der Waals surface area contributed by atoms with Gasteiger partial charge in [-0.25, -0.2) is 0 Å². The molecule has 2 aromatic carbocycles. The number of carbonyl (C=O) groups excluding carboxylic acids is 1. The van der Waals surface area contributed by atoms with Gasteiger partial charge < -0.3 is 5.32 Å². The third-order valence-electron chi connectivity index (χ3n) is 4.09. The molecule has 0 saturated heterocycles. The van der Waals surface area contributed by atoms with E-state index in [9.17, 15) is 4.79 Å². The Morgan fingerprint density at radius 1 is 1.19 bits per heavy atom. The standard InChI is InChI=1S/C18H18ClNO/c1-2-12-7-3-6-10-17(12)20-18(21)15-11-14(15)13-8-4-5-9-16(13)19/h3-10,14-15H,2,11H2,1H3,(H,20,21). The summed E-state index contributed by atoms with van der Waals surface area (Å²) in [5, 5.41) is 3.82. The lowest BCUT2D eigenvalue weighted by Crippen LogP contribution is -2.15. The van der Waals surface area contributed by atoms with Crippen molar-refractivity contribution in [1.82, 2.24) is 0 Å². The lowest BCUT2D eigenvalue weighted by Gasteiger charge is -2.09. The van der Waals surface area contributed by atoms with Gasteiger partial charge in [-0.1, -0.05) is 54.9 Å². The van der Waals surface area contributed by atoms with E-state index in [4.69, 9.17) is 11.6 Å². The molecule has 1 N–H and O–H groups in total. The van der Waals surface area contributed by atoms with Crippen molar-refractivity contribution in [2.24, 2.45) is 5.92 Å². The first-order valence-electron chi connectivity index (χ1n) is 7.34. The Bertz CT molecular complexity index is 668. The number of para-hydroxylation sites is 1. The summed E-state index contributed by atoms with van der Waals surface area (Å²) in [4.78, 5) is 12.4. The minimum absolute atomic E-state index is 0.0369. The van der Waals surface area contributed by atoms with Crippen LogP contribution in [0.4, 0.5) is 5.69 Å². The van der Waals surface area contributed by atoms with Crippen LogP contribution in [0.1, 0.15) is 30.4 Å². The zero-order chi connectivity index (χ0) is 14.8. The van der Waals surface area contributed by atoms with Crippen molar-refractivity contribution in [2.45, 2.75) is 25.7 Å². The first-order valence-corrected chi connectivity index (χ1v) is 7.71. The zero-order valence-corrected chi connectivity index (χ0v) is 12.7. The minimum atomic E-state index is 0.0369. The van der Waals surface area contributed by atoms with Crippen LogP contribution in [0.2, 0.25) is 5.02 Å². The van der Waals surface area contributed by atoms with E-state index >= 15 is 0 Å². The maximum absolute atomic E-state index is 12.4. The summed E-state index contributed by atoms with van der Waals surface area (Å²) >= 11 is 6.21. The Morgan fingerprint density at radius 2 is 1.90 bits per heavy atom. The van der Waals surface area contributed by atoms with Crippen molar-refractivity contribution in [3.8, 4) is 0 Å². The molecule has 0 aliphatic heterocycles. The number of hydrogen-bond donors (Lipinski definition) is 1. The number of aryl methyl sites for hydroxylation is 1. The van der Waals surface area contributed by atoms with Crippen LogP contribution >= 0.6 is 11.6 Å². The van der Waals surface area contributed by atoms with Crippen molar-refractivity contribution in [2.75, 3.05) is 5.32 Å². The number of carbonyl (C=O) groups is 1. The molecule has 0 bridgehead atoms. The Kier molecular flexibility index (Phi) is 3.98. The molecule has 1 aliphatic rings. The predicted molar refractivity (Wildman–Crippen MR) is 86.7 cm³/mol. The largest absolute Gasteiger partial charge is 0.326 e. The fourth-order valence-electron chi connectivity index (χ4n) is 2.78. The van der Waals surface area contributed by atoms with Gasteiger partial charge in [-0.15, -0.1) is 0 Å². The van der Waals surface area contributed by atoms with E-state index in [2.05, 4.69) is 12.2 Å². The fraction of sp³-hybridized carbons (Fsp3) is 0.278. The molecule has 0 aromatic heterocycles. The van der Waals surface area contributed by atoms with E-state index in [0.717, 1.165) is 29.1 Å². The van der Waals surface area contributed by atoms with E-state index in [1.165, 1.54) is 5.56 Å². The quantitative estimate of drug-likeness (QED) is 0.875. The molecular weight excluding hydrogens is 282 g/mol. The van der Waals surface area contributed by atoms with Gasteiger partial charge in [-0.05, 0) is 42.0 Å². The minimum Gasteiger partial charge on any atom is -0.326 e. The molecule has 2 unspecified atom stereocenters. The second-order valence-corrected chi connectivity index (χ2v) is 5.88. The molecule has 108 valence electrons. The normalized spacial score (nSPS) is 20.1. The summed E-state index contributed by atoms with van der Waals surface area (Å²) < 4.78 is 0.